The van der Waals surface area contributed by atoms with Crippen molar-refractivity contribution in [3.05, 3.63) is 29.6 Å². The third-order valence-corrected chi connectivity index (χ3v) is 3.46. The van der Waals surface area contributed by atoms with E-state index in [0.29, 0.717) is 6.54 Å². The minimum Gasteiger partial charge on any atom is -0.383 e. The maximum absolute atomic E-state index is 13.4. The molecule has 2 nitrogen and oxygen atoms in total. The third kappa shape index (κ3) is 4.10. The van der Waals surface area contributed by atoms with Crippen LogP contribution in [0, 0.1) is 5.82 Å². The lowest BCUT2D eigenvalue weighted by atomic mass is 10.2. The highest BCUT2D eigenvalue weighted by molar-refractivity contribution is 5.48. The van der Waals surface area contributed by atoms with Crippen molar-refractivity contribution in [2.75, 3.05) is 31.5 Å². The molecule has 20 heavy (non-hydrogen) atoms. The summed E-state index contributed by atoms with van der Waals surface area (Å²) in [5.41, 5.74) is -0.915. The molecule has 0 saturated carbocycles. The third-order valence-electron chi connectivity index (χ3n) is 3.46. The van der Waals surface area contributed by atoms with Gasteiger partial charge in [-0.25, -0.2) is 4.39 Å². The summed E-state index contributed by atoms with van der Waals surface area (Å²) in [4.78, 5) is 2.31. The molecule has 2 rings (SSSR count). The van der Waals surface area contributed by atoms with E-state index in [1.54, 1.807) is 0 Å². The number of hydrogen-bond acceptors (Lipinski definition) is 2. The molecule has 1 aliphatic rings. The van der Waals surface area contributed by atoms with Crippen LogP contribution in [0.15, 0.2) is 18.2 Å². The molecule has 0 radical (unpaired) electrons. The average molecular weight is 290 g/mol. The Morgan fingerprint density at radius 2 is 1.85 bits per heavy atom. The minimum atomic E-state index is -4.44. The van der Waals surface area contributed by atoms with E-state index in [0.717, 1.165) is 44.3 Å². The second-order valence-corrected chi connectivity index (χ2v) is 5.02. The molecule has 0 amide bonds. The topological polar surface area (TPSA) is 15.3 Å². The molecule has 0 aliphatic carbocycles. The molecule has 0 spiro atoms. The Bertz CT molecular complexity index is 439. The van der Waals surface area contributed by atoms with Gasteiger partial charge in [-0.2, -0.15) is 13.2 Å². The number of likely N-dealkylation sites (tertiary alicyclic amines) is 1. The number of alkyl halides is 3. The number of nitrogens with one attached hydrogen (secondary N) is 1. The zero-order valence-electron chi connectivity index (χ0n) is 11.1. The first-order valence-corrected chi connectivity index (χ1v) is 6.80. The summed E-state index contributed by atoms with van der Waals surface area (Å²) < 4.78 is 51.1. The fourth-order valence-electron chi connectivity index (χ4n) is 2.37. The largest absolute Gasteiger partial charge is 0.416 e. The highest BCUT2D eigenvalue weighted by Gasteiger charge is 2.31. The highest BCUT2D eigenvalue weighted by Crippen LogP contribution is 2.31. The fourth-order valence-corrected chi connectivity index (χ4v) is 2.37. The lowest BCUT2D eigenvalue weighted by Gasteiger charge is -2.15. The molecule has 1 aliphatic heterocycles. The molecule has 1 fully saturated rings. The van der Waals surface area contributed by atoms with Crippen LogP contribution in [0.3, 0.4) is 0 Å². The van der Waals surface area contributed by atoms with Crippen LogP contribution in [0.2, 0.25) is 0 Å². The first-order valence-electron chi connectivity index (χ1n) is 6.80. The van der Waals surface area contributed by atoms with Crippen molar-refractivity contribution in [3.8, 4) is 0 Å². The van der Waals surface area contributed by atoms with E-state index in [1.165, 1.54) is 12.8 Å². The number of benzene rings is 1. The van der Waals surface area contributed by atoms with Crippen molar-refractivity contribution in [3.63, 3.8) is 0 Å². The Kier molecular flexibility index (Phi) is 4.86. The molecule has 1 N–H and O–H groups in total. The van der Waals surface area contributed by atoms with E-state index in [-0.39, 0.29) is 5.69 Å². The Labute approximate surface area is 115 Å². The Morgan fingerprint density at radius 1 is 1.15 bits per heavy atom. The summed E-state index contributed by atoms with van der Waals surface area (Å²) in [5.74, 6) is -0.654. The van der Waals surface area contributed by atoms with Crippen LogP contribution in [0.25, 0.3) is 0 Å². The molecule has 112 valence electrons. The lowest BCUT2D eigenvalue weighted by molar-refractivity contribution is -0.137. The van der Waals surface area contributed by atoms with Crippen molar-refractivity contribution >= 4 is 5.69 Å². The number of hydrogen-bond donors (Lipinski definition) is 1. The van der Waals surface area contributed by atoms with Gasteiger partial charge in [-0.05, 0) is 57.1 Å². The number of nitrogens with zero attached hydrogens (tertiary/aromatic N) is 1. The quantitative estimate of drug-likeness (QED) is 0.656. The maximum Gasteiger partial charge on any atom is 0.416 e. The van der Waals surface area contributed by atoms with Crippen molar-refractivity contribution in [2.45, 2.75) is 25.4 Å². The smallest absolute Gasteiger partial charge is 0.383 e. The minimum absolute atomic E-state index is 0.0822. The summed E-state index contributed by atoms with van der Waals surface area (Å²) in [5, 5.41) is 2.75. The van der Waals surface area contributed by atoms with Crippen LogP contribution >= 0.6 is 0 Å². The Hall–Kier alpha value is -1.30. The van der Waals surface area contributed by atoms with Gasteiger partial charge in [-0.3, -0.25) is 0 Å². The van der Waals surface area contributed by atoms with Gasteiger partial charge in [-0.15, -0.1) is 0 Å². The molecular weight excluding hydrogens is 272 g/mol. The monoisotopic (exact) mass is 290 g/mol. The summed E-state index contributed by atoms with van der Waals surface area (Å²) in [7, 11) is 0. The first-order chi connectivity index (χ1) is 9.47. The SMILES string of the molecule is Fc1ccc(C(F)(F)F)cc1NCCCN1CCCC1. The van der Waals surface area contributed by atoms with Crippen LogP contribution in [-0.2, 0) is 6.18 Å². The van der Waals surface area contributed by atoms with Gasteiger partial charge in [0, 0.05) is 6.54 Å². The lowest BCUT2D eigenvalue weighted by Crippen LogP contribution is -2.22. The zero-order valence-corrected chi connectivity index (χ0v) is 11.1. The van der Waals surface area contributed by atoms with Gasteiger partial charge in [0.05, 0.1) is 11.3 Å². The maximum atomic E-state index is 13.4. The molecule has 1 heterocycles. The normalized spacial score (nSPS) is 16.6. The predicted molar refractivity (Wildman–Crippen MR) is 70.2 cm³/mol. The Morgan fingerprint density at radius 3 is 2.50 bits per heavy atom. The summed E-state index contributed by atoms with van der Waals surface area (Å²) in [6, 6.07) is 2.43. The van der Waals surface area contributed by atoms with Crippen molar-refractivity contribution in [1.29, 1.82) is 0 Å². The first kappa shape index (κ1) is 15.1. The molecule has 0 bridgehead atoms. The van der Waals surface area contributed by atoms with Gasteiger partial charge in [-0.1, -0.05) is 0 Å². The van der Waals surface area contributed by atoms with Gasteiger partial charge < -0.3 is 10.2 Å². The van der Waals surface area contributed by atoms with Crippen molar-refractivity contribution < 1.29 is 17.6 Å². The molecule has 1 aromatic carbocycles. The van der Waals surface area contributed by atoms with Crippen molar-refractivity contribution in [1.82, 2.24) is 4.90 Å². The zero-order chi connectivity index (χ0) is 14.6. The van der Waals surface area contributed by atoms with Gasteiger partial charge in [0.1, 0.15) is 5.82 Å². The van der Waals surface area contributed by atoms with Crippen LogP contribution in [0.1, 0.15) is 24.8 Å². The van der Waals surface area contributed by atoms with Gasteiger partial charge in [0.15, 0.2) is 0 Å². The number of halogens is 4. The summed E-state index contributed by atoms with van der Waals surface area (Å²) in [6.07, 6.45) is -1.25. The van der Waals surface area contributed by atoms with E-state index < -0.39 is 17.6 Å². The molecule has 0 atom stereocenters. The van der Waals surface area contributed by atoms with Crippen molar-refractivity contribution in [2.24, 2.45) is 0 Å². The average Bonchev–Trinajstić information content (AvgIpc) is 2.88. The molecule has 1 saturated heterocycles. The Balaban J connectivity index is 1.85. The number of rotatable bonds is 5. The molecule has 0 aromatic heterocycles. The van der Waals surface area contributed by atoms with Crippen LogP contribution in [0.5, 0.6) is 0 Å². The van der Waals surface area contributed by atoms with Gasteiger partial charge in [0.25, 0.3) is 0 Å². The second kappa shape index (κ2) is 6.43. The summed E-state index contributed by atoms with van der Waals surface area (Å²) in [6.45, 7) is 3.53. The van der Waals surface area contributed by atoms with E-state index in [4.69, 9.17) is 0 Å². The predicted octanol–water partition coefficient (Wildman–Crippen LogP) is 3.74. The standard InChI is InChI=1S/C14H18F4N2/c15-12-5-4-11(14(16,17)18)10-13(12)19-6-3-9-20-7-1-2-8-20/h4-5,10,19H,1-3,6-9H2. The second-order valence-electron chi connectivity index (χ2n) is 5.02. The fraction of sp³-hybridized carbons (Fsp3) is 0.571. The van der Waals surface area contributed by atoms with Crippen LogP contribution in [-0.4, -0.2) is 31.1 Å². The van der Waals surface area contributed by atoms with Gasteiger partial charge >= 0.3 is 6.18 Å². The van der Waals surface area contributed by atoms with E-state index >= 15 is 0 Å². The summed E-state index contributed by atoms with van der Waals surface area (Å²) >= 11 is 0. The number of anilines is 1. The highest BCUT2D eigenvalue weighted by atomic mass is 19.4. The van der Waals surface area contributed by atoms with Gasteiger partial charge in [0.2, 0.25) is 0 Å². The van der Waals surface area contributed by atoms with E-state index in [1.807, 2.05) is 0 Å². The van der Waals surface area contributed by atoms with Crippen LogP contribution in [0.4, 0.5) is 23.2 Å². The molecular formula is C14H18F4N2. The molecule has 1 aromatic rings. The molecule has 0 unspecified atom stereocenters. The van der Waals surface area contributed by atoms with Crippen LogP contribution < -0.4 is 5.32 Å². The molecule has 6 heteroatoms. The van der Waals surface area contributed by atoms with E-state index in [2.05, 4.69) is 10.2 Å². The van der Waals surface area contributed by atoms with E-state index in [9.17, 15) is 17.6 Å².